The lowest BCUT2D eigenvalue weighted by Gasteiger charge is -2.38. The Hall–Kier alpha value is -1.36. The van der Waals surface area contributed by atoms with Gasteiger partial charge in [-0.2, -0.15) is 0 Å². The molecule has 0 unspecified atom stereocenters. The van der Waals surface area contributed by atoms with Crippen LogP contribution in [0.5, 0.6) is 0 Å². The van der Waals surface area contributed by atoms with Gasteiger partial charge in [0, 0.05) is 27.0 Å². The van der Waals surface area contributed by atoms with Gasteiger partial charge in [0.15, 0.2) is 0 Å². The summed E-state index contributed by atoms with van der Waals surface area (Å²) in [6, 6.07) is 6.16. The second kappa shape index (κ2) is 6.87. The van der Waals surface area contributed by atoms with Gasteiger partial charge in [0.05, 0.1) is 0 Å². The molecule has 0 spiro atoms. The molecule has 7 heteroatoms. The van der Waals surface area contributed by atoms with Crippen LogP contribution in [0.4, 0.5) is 8.78 Å². The third kappa shape index (κ3) is 3.23. The maximum Gasteiger partial charge on any atom is 0.257 e. The highest BCUT2D eigenvalue weighted by Gasteiger charge is 2.36. The fourth-order valence-electron chi connectivity index (χ4n) is 2.88. The third-order valence-corrected chi connectivity index (χ3v) is 5.04. The van der Waals surface area contributed by atoms with Gasteiger partial charge in [0.2, 0.25) is 0 Å². The van der Waals surface area contributed by atoms with Crippen LogP contribution in [0, 0.1) is 11.6 Å². The summed E-state index contributed by atoms with van der Waals surface area (Å²) < 4.78 is 27.4. The van der Waals surface area contributed by atoms with Gasteiger partial charge >= 0.3 is 0 Å². The standard InChI is InChI=1S/C17H12Cl3F2NO/c18-8-6-10(19)15(11(20)7-8)9-4-5-14(9)23-17(24)16-12(21)2-1-3-13(16)22/h1-3,6-7,9,14H,4-5H2,(H,23,24)/t9-,14+/m0/s1. The van der Waals surface area contributed by atoms with Crippen molar-refractivity contribution < 1.29 is 13.6 Å². The molecule has 24 heavy (non-hydrogen) atoms. The summed E-state index contributed by atoms with van der Waals surface area (Å²) in [6.07, 6.45) is 1.42. The summed E-state index contributed by atoms with van der Waals surface area (Å²) >= 11 is 18.3. The van der Waals surface area contributed by atoms with Gasteiger partial charge in [-0.1, -0.05) is 40.9 Å². The molecule has 3 rings (SSSR count). The quantitative estimate of drug-likeness (QED) is 0.726. The van der Waals surface area contributed by atoms with Crippen LogP contribution < -0.4 is 5.32 Å². The molecule has 1 aliphatic carbocycles. The number of halogens is 5. The van der Waals surface area contributed by atoms with Crippen LogP contribution in [0.2, 0.25) is 15.1 Å². The molecule has 2 aromatic rings. The SMILES string of the molecule is O=C(N[C@@H]1CC[C@@H]1c1c(Cl)cc(Cl)cc1Cl)c1c(F)cccc1F. The minimum Gasteiger partial charge on any atom is -0.349 e. The van der Waals surface area contributed by atoms with E-state index in [1.165, 1.54) is 6.07 Å². The van der Waals surface area contributed by atoms with Gasteiger partial charge < -0.3 is 5.32 Å². The van der Waals surface area contributed by atoms with Crippen molar-refractivity contribution in [1.29, 1.82) is 0 Å². The second-order valence-corrected chi connectivity index (χ2v) is 6.89. The molecule has 0 radical (unpaired) electrons. The minimum atomic E-state index is -0.897. The van der Waals surface area contributed by atoms with Gasteiger partial charge in [0.25, 0.3) is 5.91 Å². The van der Waals surface area contributed by atoms with E-state index in [0.29, 0.717) is 27.1 Å². The van der Waals surface area contributed by atoms with Crippen LogP contribution in [0.25, 0.3) is 0 Å². The molecule has 1 N–H and O–H groups in total. The Bertz CT molecular complexity index is 769. The zero-order chi connectivity index (χ0) is 17.4. The lowest BCUT2D eigenvalue weighted by Crippen LogP contribution is -2.46. The predicted molar refractivity (Wildman–Crippen MR) is 91.1 cm³/mol. The number of carbonyl (C=O) groups excluding carboxylic acids is 1. The number of nitrogens with one attached hydrogen (secondary N) is 1. The number of rotatable bonds is 3. The van der Waals surface area contributed by atoms with Crippen LogP contribution in [0.3, 0.4) is 0 Å². The molecule has 2 nitrogen and oxygen atoms in total. The molecule has 1 saturated carbocycles. The fourth-order valence-corrected chi connectivity index (χ4v) is 3.98. The lowest BCUT2D eigenvalue weighted by molar-refractivity contribution is 0.0896. The maximum absolute atomic E-state index is 13.7. The smallest absolute Gasteiger partial charge is 0.257 e. The first-order chi connectivity index (χ1) is 11.4. The van der Waals surface area contributed by atoms with E-state index in [1.54, 1.807) is 12.1 Å². The molecule has 126 valence electrons. The van der Waals surface area contributed by atoms with Crippen molar-refractivity contribution in [2.75, 3.05) is 0 Å². The maximum atomic E-state index is 13.7. The molecule has 1 aliphatic rings. The Morgan fingerprint density at radius 1 is 1.04 bits per heavy atom. The summed E-state index contributed by atoms with van der Waals surface area (Å²) in [6.45, 7) is 0. The van der Waals surface area contributed by atoms with E-state index in [0.717, 1.165) is 18.6 Å². The molecular weight excluding hydrogens is 379 g/mol. The molecule has 0 aromatic heterocycles. The highest BCUT2D eigenvalue weighted by molar-refractivity contribution is 6.39. The molecule has 0 heterocycles. The van der Waals surface area contributed by atoms with Crippen molar-refractivity contribution >= 4 is 40.7 Å². The Balaban J connectivity index is 1.81. The number of benzene rings is 2. The summed E-state index contributed by atoms with van der Waals surface area (Å²) in [7, 11) is 0. The van der Waals surface area contributed by atoms with Crippen molar-refractivity contribution in [1.82, 2.24) is 5.32 Å². The summed E-state index contributed by atoms with van der Waals surface area (Å²) in [5, 5.41) is 3.90. The number of amides is 1. The Morgan fingerprint density at radius 2 is 1.62 bits per heavy atom. The molecule has 2 atom stereocenters. The van der Waals surface area contributed by atoms with E-state index >= 15 is 0 Å². The van der Waals surface area contributed by atoms with E-state index in [1.807, 2.05) is 0 Å². The van der Waals surface area contributed by atoms with Gasteiger partial charge in [0.1, 0.15) is 17.2 Å². The van der Waals surface area contributed by atoms with Gasteiger partial charge in [-0.05, 0) is 42.7 Å². The zero-order valence-electron chi connectivity index (χ0n) is 12.3. The van der Waals surface area contributed by atoms with E-state index in [-0.39, 0.29) is 12.0 Å². The first-order valence-electron chi connectivity index (χ1n) is 7.27. The molecule has 0 aliphatic heterocycles. The fraction of sp³-hybridized carbons (Fsp3) is 0.235. The van der Waals surface area contributed by atoms with E-state index in [9.17, 15) is 13.6 Å². The Kier molecular flexibility index (Phi) is 5.00. The van der Waals surface area contributed by atoms with Gasteiger partial charge in [-0.25, -0.2) is 8.78 Å². The van der Waals surface area contributed by atoms with Gasteiger partial charge in [-0.15, -0.1) is 0 Å². The molecular formula is C17H12Cl3F2NO. The normalized spacial score (nSPS) is 19.7. The zero-order valence-corrected chi connectivity index (χ0v) is 14.5. The third-order valence-electron chi connectivity index (χ3n) is 4.20. The van der Waals surface area contributed by atoms with E-state index in [2.05, 4.69) is 5.32 Å². The van der Waals surface area contributed by atoms with Crippen molar-refractivity contribution in [3.05, 3.63) is 68.2 Å². The average Bonchev–Trinajstić information content (AvgIpc) is 2.47. The van der Waals surface area contributed by atoms with Crippen molar-refractivity contribution in [2.45, 2.75) is 24.8 Å². The minimum absolute atomic E-state index is 0.124. The number of hydrogen-bond acceptors (Lipinski definition) is 1. The number of carbonyl (C=O) groups is 1. The molecule has 0 saturated heterocycles. The van der Waals surface area contributed by atoms with Crippen LogP contribution in [0.1, 0.15) is 34.7 Å². The van der Waals surface area contributed by atoms with Crippen LogP contribution >= 0.6 is 34.8 Å². The monoisotopic (exact) mass is 389 g/mol. The van der Waals surface area contributed by atoms with Crippen LogP contribution in [0.15, 0.2) is 30.3 Å². The topological polar surface area (TPSA) is 29.1 Å². The Morgan fingerprint density at radius 3 is 2.12 bits per heavy atom. The lowest BCUT2D eigenvalue weighted by atomic mass is 9.75. The average molecular weight is 391 g/mol. The highest BCUT2D eigenvalue weighted by atomic mass is 35.5. The first kappa shape index (κ1) is 17.5. The van der Waals surface area contributed by atoms with Crippen molar-refractivity contribution in [2.24, 2.45) is 0 Å². The van der Waals surface area contributed by atoms with Crippen LogP contribution in [-0.2, 0) is 0 Å². The van der Waals surface area contributed by atoms with Crippen molar-refractivity contribution in [3.63, 3.8) is 0 Å². The molecule has 1 amide bonds. The molecule has 0 bridgehead atoms. The molecule has 2 aromatic carbocycles. The predicted octanol–water partition coefficient (Wildman–Crippen LogP) is 5.60. The van der Waals surface area contributed by atoms with E-state index in [4.69, 9.17) is 34.8 Å². The largest absolute Gasteiger partial charge is 0.349 e. The Labute approximate surface area is 152 Å². The summed E-state index contributed by atoms with van der Waals surface area (Å²) in [5.74, 6) is -2.71. The summed E-state index contributed by atoms with van der Waals surface area (Å²) in [5.41, 5.74) is 0.102. The van der Waals surface area contributed by atoms with Crippen molar-refractivity contribution in [3.8, 4) is 0 Å². The highest BCUT2D eigenvalue weighted by Crippen LogP contribution is 2.44. The second-order valence-electron chi connectivity index (χ2n) is 5.64. The summed E-state index contributed by atoms with van der Waals surface area (Å²) in [4.78, 5) is 12.2. The molecule has 1 fully saturated rings. The first-order valence-corrected chi connectivity index (χ1v) is 8.41. The van der Waals surface area contributed by atoms with Gasteiger partial charge in [-0.3, -0.25) is 4.79 Å². The van der Waals surface area contributed by atoms with Crippen LogP contribution in [-0.4, -0.2) is 11.9 Å². The van der Waals surface area contributed by atoms with E-state index < -0.39 is 23.1 Å². The number of hydrogen-bond donors (Lipinski definition) is 1.